The molecule has 9 heteroatoms. The molecule has 0 fully saturated rings. The molecule has 0 saturated heterocycles. The van der Waals surface area contributed by atoms with E-state index in [1.807, 2.05) is 63.3 Å². The number of rotatable bonds is 7. The molecule has 9 nitrogen and oxygen atoms in total. The van der Waals surface area contributed by atoms with Crippen molar-refractivity contribution in [3.05, 3.63) is 84.0 Å². The number of carbonyl (C=O) groups excluding carboxylic acids is 4. The van der Waals surface area contributed by atoms with E-state index in [2.05, 4.69) is 10.6 Å². The summed E-state index contributed by atoms with van der Waals surface area (Å²) in [5, 5.41) is 15.0. The van der Waals surface area contributed by atoms with Gasteiger partial charge in [-0.25, -0.2) is 4.79 Å². The molecular weight excluding hydrogens is 548 g/mol. The van der Waals surface area contributed by atoms with Crippen molar-refractivity contribution in [3.8, 4) is 5.75 Å². The van der Waals surface area contributed by atoms with Crippen LogP contribution in [0.3, 0.4) is 0 Å². The molecule has 0 aliphatic carbocycles. The number of hydrogen-bond donors (Lipinski definition) is 3. The highest BCUT2D eigenvalue weighted by Gasteiger charge is 2.31. The van der Waals surface area contributed by atoms with Gasteiger partial charge in [0.1, 0.15) is 17.9 Å². The molecule has 43 heavy (non-hydrogen) atoms. The largest absolute Gasteiger partial charge is 0.508 e. The topological polar surface area (TPSA) is 131 Å². The lowest BCUT2D eigenvalue weighted by atomic mass is 9.99. The molecule has 5 unspecified atom stereocenters. The molecule has 2 amide bonds. The zero-order valence-corrected chi connectivity index (χ0v) is 25.2. The third-order valence-electron chi connectivity index (χ3n) is 7.08. The van der Waals surface area contributed by atoms with Crippen molar-refractivity contribution < 1.29 is 33.8 Å². The van der Waals surface area contributed by atoms with Crippen molar-refractivity contribution >= 4 is 29.8 Å². The van der Waals surface area contributed by atoms with Crippen LogP contribution >= 0.6 is 0 Å². The molecule has 0 bridgehead atoms. The van der Waals surface area contributed by atoms with E-state index in [0.29, 0.717) is 0 Å². The van der Waals surface area contributed by atoms with Crippen molar-refractivity contribution in [1.82, 2.24) is 10.6 Å². The molecule has 0 saturated carbocycles. The minimum absolute atomic E-state index is 0.0454. The van der Waals surface area contributed by atoms with Gasteiger partial charge in [-0.15, -0.1) is 0 Å². The van der Waals surface area contributed by atoms with Gasteiger partial charge >= 0.3 is 11.9 Å². The van der Waals surface area contributed by atoms with Crippen molar-refractivity contribution in [3.63, 3.8) is 0 Å². The predicted octanol–water partition coefficient (Wildman–Crippen LogP) is 4.35. The number of phenolic OH excluding ortho intramolecular Hbond substituents is 1. The van der Waals surface area contributed by atoms with Crippen molar-refractivity contribution in [1.29, 1.82) is 0 Å². The molecule has 0 aromatic heterocycles. The number of ether oxygens (including phenoxy) is 2. The first kappa shape index (κ1) is 33.1. The SMILES string of the molecule is CC(C)CC1OC(=O)C(C)CNC(=O)C(Cc2ccc(O)cc2)NC(=O)C=CCC(C(C)C=Cc2ccccc2)OC1=O. The fourth-order valence-corrected chi connectivity index (χ4v) is 4.49. The lowest BCUT2D eigenvalue weighted by Gasteiger charge is -2.26. The average Bonchev–Trinajstić information content (AvgIpc) is 2.98. The zero-order valence-electron chi connectivity index (χ0n) is 25.2. The molecule has 2 aromatic carbocycles. The van der Waals surface area contributed by atoms with Crippen molar-refractivity contribution in [2.24, 2.45) is 17.8 Å². The Bertz CT molecular complexity index is 1290. The van der Waals surface area contributed by atoms with Crippen molar-refractivity contribution in [2.45, 2.75) is 65.2 Å². The summed E-state index contributed by atoms with van der Waals surface area (Å²) < 4.78 is 11.6. The van der Waals surface area contributed by atoms with E-state index < -0.39 is 47.9 Å². The second-order valence-corrected chi connectivity index (χ2v) is 11.4. The highest BCUT2D eigenvalue weighted by atomic mass is 16.6. The van der Waals surface area contributed by atoms with Crippen molar-refractivity contribution in [2.75, 3.05) is 6.54 Å². The highest BCUT2D eigenvalue weighted by molar-refractivity contribution is 5.93. The Kier molecular flexibility index (Phi) is 12.5. The second kappa shape index (κ2) is 16.3. The molecule has 230 valence electrons. The standard InChI is InChI=1S/C34H42N2O7/c1-22(2)19-30-34(41)42-29(23(3)13-14-25-9-6-5-7-10-25)11-8-12-31(38)36-28(20-26-15-17-27(37)18-16-26)32(39)35-21-24(4)33(40)43-30/h5-10,12-18,22-24,28-30,37H,11,19-21H2,1-4H3,(H,35,39)(H,36,38). The molecule has 1 heterocycles. The first-order valence-corrected chi connectivity index (χ1v) is 14.7. The van der Waals surface area contributed by atoms with Gasteiger partial charge in [-0.3, -0.25) is 14.4 Å². The molecule has 1 aliphatic rings. The molecule has 0 spiro atoms. The molecule has 3 N–H and O–H groups in total. The quantitative estimate of drug-likeness (QED) is 0.409. The number of carbonyl (C=O) groups is 4. The maximum atomic E-state index is 13.3. The first-order chi connectivity index (χ1) is 20.5. The number of cyclic esters (lactones) is 2. The van der Waals surface area contributed by atoms with Gasteiger partial charge < -0.3 is 25.2 Å². The van der Waals surface area contributed by atoms with Gasteiger partial charge in [0.05, 0.1) is 5.92 Å². The van der Waals surface area contributed by atoms with Gasteiger partial charge in [-0.2, -0.15) is 0 Å². The van der Waals surface area contributed by atoms with E-state index in [0.717, 1.165) is 11.1 Å². The zero-order chi connectivity index (χ0) is 31.4. The fraction of sp³-hybridized carbons (Fsp3) is 0.412. The minimum Gasteiger partial charge on any atom is -0.508 e. The van der Waals surface area contributed by atoms with E-state index >= 15 is 0 Å². The summed E-state index contributed by atoms with van der Waals surface area (Å²) in [6.07, 6.45) is 5.70. The number of phenols is 1. The Morgan fingerprint density at radius 2 is 1.65 bits per heavy atom. The van der Waals surface area contributed by atoms with Crippen LogP contribution in [-0.2, 0) is 35.1 Å². The number of hydrogen-bond acceptors (Lipinski definition) is 7. The second-order valence-electron chi connectivity index (χ2n) is 11.4. The Balaban J connectivity index is 1.88. The molecule has 1 aliphatic heterocycles. The molecule has 0 radical (unpaired) electrons. The van der Waals surface area contributed by atoms with Gasteiger partial charge in [0, 0.05) is 25.3 Å². The minimum atomic E-state index is -1.11. The summed E-state index contributed by atoms with van der Waals surface area (Å²) in [6, 6.07) is 15.1. The summed E-state index contributed by atoms with van der Waals surface area (Å²) in [4.78, 5) is 52.3. The maximum absolute atomic E-state index is 13.3. The number of aromatic hydroxyl groups is 1. The average molecular weight is 591 g/mol. The summed E-state index contributed by atoms with van der Waals surface area (Å²) in [5.74, 6) is -3.12. The predicted molar refractivity (Wildman–Crippen MR) is 164 cm³/mol. The molecule has 5 atom stereocenters. The van der Waals surface area contributed by atoms with Crippen LogP contribution in [0.15, 0.2) is 72.8 Å². The van der Waals surface area contributed by atoms with Crippen LogP contribution in [0.2, 0.25) is 0 Å². The Morgan fingerprint density at radius 3 is 2.33 bits per heavy atom. The Hall–Kier alpha value is -4.40. The van der Waals surface area contributed by atoms with Gasteiger partial charge in [0.2, 0.25) is 11.8 Å². The van der Waals surface area contributed by atoms with Crippen LogP contribution < -0.4 is 10.6 Å². The first-order valence-electron chi connectivity index (χ1n) is 14.7. The third-order valence-corrected chi connectivity index (χ3v) is 7.08. The highest BCUT2D eigenvalue weighted by Crippen LogP contribution is 2.20. The molecule has 2 aromatic rings. The Labute approximate surface area is 253 Å². The Morgan fingerprint density at radius 1 is 0.953 bits per heavy atom. The fourth-order valence-electron chi connectivity index (χ4n) is 4.49. The molecule has 3 rings (SSSR count). The van der Waals surface area contributed by atoms with Gasteiger partial charge in [-0.05, 0) is 41.7 Å². The number of esters is 2. The lowest BCUT2D eigenvalue weighted by Crippen LogP contribution is -2.49. The number of amides is 2. The van der Waals surface area contributed by atoms with E-state index in [9.17, 15) is 24.3 Å². The van der Waals surface area contributed by atoms with Crippen LogP contribution in [-0.4, -0.2) is 53.7 Å². The van der Waals surface area contributed by atoms with E-state index in [1.165, 1.54) is 18.2 Å². The van der Waals surface area contributed by atoms with Gasteiger partial charge in [-0.1, -0.05) is 88.4 Å². The van der Waals surface area contributed by atoms with E-state index in [1.54, 1.807) is 25.1 Å². The van der Waals surface area contributed by atoms with Gasteiger partial charge in [0.25, 0.3) is 0 Å². The van der Waals surface area contributed by atoms with Gasteiger partial charge in [0.15, 0.2) is 6.10 Å². The van der Waals surface area contributed by atoms with Crippen LogP contribution in [0.4, 0.5) is 0 Å². The summed E-state index contributed by atoms with van der Waals surface area (Å²) in [7, 11) is 0. The van der Waals surface area contributed by atoms with Crippen LogP contribution in [0.25, 0.3) is 6.08 Å². The monoisotopic (exact) mass is 590 g/mol. The van der Waals surface area contributed by atoms with Crippen LogP contribution in [0, 0.1) is 17.8 Å². The number of nitrogens with one attached hydrogen (secondary N) is 2. The third kappa shape index (κ3) is 11.1. The maximum Gasteiger partial charge on any atom is 0.347 e. The summed E-state index contributed by atoms with van der Waals surface area (Å²) >= 11 is 0. The van der Waals surface area contributed by atoms with E-state index in [4.69, 9.17) is 9.47 Å². The lowest BCUT2D eigenvalue weighted by molar-refractivity contribution is -0.175. The van der Waals surface area contributed by atoms with Crippen LogP contribution in [0.5, 0.6) is 5.75 Å². The van der Waals surface area contributed by atoms with Crippen LogP contribution in [0.1, 0.15) is 51.7 Å². The number of benzene rings is 2. The summed E-state index contributed by atoms with van der Waals surface area (Å²) in [5.41, 5.74) is 1.72. The molecular formula is C34H42N2O7. The normalized spacial score (nSPS) is 23.4. The smallest absolute Gasteiger partial charge is 0.347 e. The van der Waals surface area contributed by atoms with E-state index in [-0.39, 0.29) is 43.4 Å². The summed E-state index contributed by atoms with van der Waals surface area (Å²) in [6.45, 7) is 7.29.